The minimum atomic E-state index is -0.502. The number of hydrogen-bond acceptors (Lipinski definition) is 4. The average molecular weight is 361 g/mol. The van der Waals surface area contributed by atoms with E-state index in [1.54, 1.807) is 6.92 Å². The SMILES string of the molecule is CCCCCCCc1ccc(-c2ncc(C(=O)OCC)c(Cl)n2)cc1. The number of unbranched alkanes of at least 4 members (excludes halogenated alkanes) is 4. The fraction of sp³-hybridized carbons (Fsp3) is 0.450. The third-order valence-corrected chi connectivity index (χ3v) is 4.31. The van der Waals surface area contributed by atoms with Gasteiger partial charge in [-0.3, -0.25) is 0 Å². The number of esters is 1. The van der Waals surface area contributed by atoms with Gasteiger partial charge in [-0.05, 0) is 25.3 Å². The zero-order valence-corrected chi connectivity index (χ0v) is 15.7. The monoisotopic (exact) mass is 360 g/mol. The third kappa shape index (κ3) is 5.82. The van der Waals surface area contributed by atoms with Crippen molar-refractivity contribution in [2.45, 2.75) is 52.4 Å². The average Bonchev–Trinajstić information content (AvgIpc) is 2.62. The second-order valence-electron chi connectivity index (χ2n) is 5.98. The van der Waals surface area contributed by atoms with Crippen LogP contribution < -0.4 is 0 Å². The minimum absolute atomic E-state index is 0.114. The first-order valence-electron chi connectivity index (χ1n) is 8.94. The maximum Gasteiger partial charge on any atom is 0.342 e. The number of ether oxygens (including phenoxy) is 1. The van der Waals surface area contributed by atoms with E-state index in [-0.39, 0.29) is 17.3 Å². The van der Waals surface area contributed by atoms with E-state index in [9.17, 15) is 4.79 Å². The molecule has 0 aliphatic carbocycles. The van der Waals surface area contributed by atoms with Crippen LogP contribution in [0.2, 0.25) is 5.15 Å². The van der Waals surface area contributed by atoms with Crippen molar-refractivity contribution in [3.05, 3.63) is 46.7 Å². The van der Waals surface area contributed by atoms with Gasteiger partial charge in [0.2, 0.25) is 0 Å². The van der Waals surface area contributed by atoms with E-state index in [4.69, 9.17) is 16.3 Å². The molecule has 0 saturated heterocycles. The van der Waals surface area contributed by atoms with E-state index in [0.717, 1.165) is 12.0 Å². The molecule has 0 saturated carbocycles. The van der Waals surface area contributed by atoms with Crippen LogP contribution in [-0.4, -0.2) is 22.5 Å². The quantitative estimate of drug-likeness (QED) is 0.337. The minimum Gasteiger partial charge on any atom is -0.462 e. The number of aryl methyl sites for hydroxylation is 1. The first-order valence-corrected chi connectivity index (χ1v) is 9.32. The van der Waals surface area contributed by atoms with Crippen LogP contribution in [0.15, 0.2) is 30.5 Å². The Morgan fingerprint density at radius 1 is 1.08 bits per heavy atom. The van der Waals surface area contributed by atoms with Gasteiger partial charge in [0.15, 0.2) is 5.82 Å². The number of halogens is 1. The molecule has 0 aliphatic heterocycles. The fourth-order valence-electron chi connectivity index (χ4n) is 2.60. The lowest BCUT2D eigenvalue weighted by Gasteiger charge is -2.06. The molecule has 0 N–H and O–H groups in total. The van der Waals surface area contributed by atoms with Crippen molar-refractivity contribution in [1.82, 2.24) is 9.97 Å². The second kappa shape index (κ2) is 10.1. The van der Waals surface area contributed by atoms with E-state index < -0.39 is 5.97 Å². The normalized spacial score (nSPS) is 10.7. The summed E-state index contributed by atoms with van der Waals surface area (Å²) in [6.07, 6.45) is 8.91. The van der Waals surface area contributed by atoms with Crippen LogP contribution in [-0.2, 0) is 11.2 Å². The summed E-state index contributed by atoms with van der Waals surface area (Å²) in [5, 5.41) is 0.114. The molecule has 0 aliphatic rings. The van der Waals surface area contributed by atoms with Gasteiger partial charge >= 0.3 is 5.97 Å². The summed E-state index contributed by atoms with van der Waals surface area (Å²) in [7, 11) is 0. The molecule has 1 aromatic carbocycles. The van der Waals surface area contributed by atoms with E-state index in [0.29, 0.717) is 5.82 Å². The Hall–Kier alpha value is -1.94. The van der Waals surface area contributed by atoms with Crippen molar-refractivity contribution in [3.8, 4) is 11.4 Å². The Morgan fingerprint density at radius 2 is 1.80 bits per heavy atom. The molecule has 4 nitrogen and oxygen atoms in total. The molecule has 0 bridgehead atoms. The number of carbonyl (C=O) groups excluding carboxylic acids is 1. The molecule has 1 aromatic heterocycles. The Balaban J connectivity index is 1.99. The van der Waals surface area contributed by atoms with Crippen molar-refractivity contribution in [2.75, 3.05) is 6.61 Å². The van der Waals surface area contributed by atoms with Gasteiger partial charge in [-0.1, -0.05) is 68.5 Å². The van der Waals surface area contributed by atoms with E-state index >= 15 is 0 Å². The Morgan fingerprint density at radius 3 is 2.44 bits per heavy atom. The number of hydrogen-bond donors (Lipinski definition) is 0. The molecule has 2 rings (SSSR count). The molecule has 0 atom stereocenters. The third-order valence-electron chi connectivity index (χ3n) is 4.02. The molecular weight excluding hydrogens is 336 g/mol. The van der Waals surface area contributed by atoms with Crippen LogP contribution in [0.25, 0.3) is 11.4 Å². The molecule has 0 spiro atoms. The maximum absolute atomic E-state index is 11.7. The highest BCUT2D eigenvalue weighted by atomic mass is 35.5. The summed E-state index contributed by atoms with van der Waals surface area (Å²) in [6.45, 7) is 4.26. The smallest absolute Gasteiger partial charge is 0.342 e. The van der Waals surface area contributed by atoms with Crippen molar-refractivity contribution in [3.63, 3.8) is 0 Å². The van der Waals surface area contributed by atoms with E-state index in [2.05, 4.69) is 29.0 Å². The zero-order chi connectivity index (χ0) is 18.1. The Bertz CT molecular complexity index is 687. The molecule has 134 valence electrons. The van der Waals surface area contributed by atoms with Crippen LogP contribution in [0.3, 0.4) is 0 Å². The molecule has 0 radical (unpaired) electrons. The molecule has 1 heterocycles. The van der Waals surface area contributed by atoms with E-state index in [1.165, 1.54) is 43.9 Å². The van der Waals surface area contributed by atoms with Crippen molar-refractivity contribution in [2.24, 2.45) is 0 Å². The Kier molecular flexibility index (Phi) is 7.86. The molecule has 5 heteroatoms. The highest BCUT2D eigenvalue weighted by molar-refractivity contribution is 6.32. The fourth-order valence-corrected chi connectivity index (χ4v) is 2.81. The summed E-state index contributed by atoms with van der Waals surface area (Å²) < 4.78 is 4.93. The van der Waals surface area contributed by atoms with Gasteiger partial charge in [0.1, 0.15) is 10.7 Å². The van der Waals surface area contributed by atoms with E-state index in [1.807, 2.05) is 12.1 Å². The number of rotatable bonds is 9. The summed E-state index contributed by atoms with van der Waals surface area (Å²) in [5.41, 5.74) is 2.39. The molecule has 25 heavy (non-hydrogen) atoms. The van der Waals surface area contributed by atoms with Crippen molar-refractivity contribution < 1.29 is 9.53 Å². The summed E-state index contributed by atoms with van der Waals surface area (Å²) >= 11 is 6.10. The highest BCUT2D eigenvalue weighted by Crippen LogP contribution is 2.21. The number of nitrogens with zero attached hydrogens (tertiary/aromatic N) is 2. The summed E-state index contributed by atoms with van der Waals surface area (Å²) in [4.78, 5) is 20.2. The standard InChI is InChI=1S/C20H25ClN2O2/c1-3-5-6-7-8-9-15-10-12-16(13-11-15)19-22-14-17(18(21)23-19)20(24)25-4-2/h10-14H,3-9H2,1-2H3. The first-order chi connectivity index (χ1) is 12.2. The molecular formula is C20H25ClN2O2. The Labute approximate surface area is 154 Å². The van der Waals surface area contributed by atoms with Crippen molar-refractivity contribution in [1.29, 1.82) is 0 Å². The van der Waals surface area contributed by atoms with Gasteiger partial charge < -0.3 is 4.74 Å². The molecule has 0 unspecified atom stereocenters. The molecule has 2 aromatic rings. The number of carbonyl (C=O) groups is 1. The predicted molar refractivity (Wildman–Crippen MR) is 101 cm³/mol. The lowest BCUT2D eigenvalue weighted by Crippen LogP contribution is -2.07. The van der Waals surface area contributed by atoms with Gasteiger partial charge in [0.25, 0.3) is 0 Å². The highest BCUT2D eigenvalue weighted by Gasteiger charge is 2.14. The van der Waals surface area contributed by atoms with Gasteiger partial charge in [-0.2, -0.15) is 0 Å². The second-order valence-corrected chi connectivity index (χ2v) is 6.34. The molecule has 0 fully saturated rings. The van der Waals surface area contributed by atoms with Gasteiger partial charge in [0, 0.05) is 11.8 Å². The topological polar surface area (TPSA) is 52.1 Å². The van der Waals surface area contributed by atoms with Crippen LogP contribution in [0.4, 0.5) is 0 Å². The predicted octanol–water partition coefficient (Wildman–Crippen LogP) is 5.49. The van der Waals surface area contributed by atoms with Crippen LogP contribution in [0.5, 0.6) is 0 Å². The number of aromatic nitrogens is 2. The van der Waals surface area contributed by atoms with Gasteiger partial charge in [-0.25, -0.2) is 14.8 Å². The van der Waals surface area contributed by atoms with Crippen LogP contribution >= 0.6 is 11.6 Å². The first kappa shape index (κ1) is 19.4. The van der Waals surface area contributed by atoms with Gasteiger partial charge in [-0.15, -0.1) is 0 Å². The summed E-state index contributed by atoms with van der Waals surface area (Å²) in [5.74, 6) is 0.00464. The van der Waals surface area contributed by atoms with Gasteiger partial charge in [0.05, 0.1) is 6.61 Å². The largest absolute Gasteiger partial charge is 0.462 e. The van der Waals surface area contributed by atoms with Crippen LogP contribution in [0, 0.1) is 0 Å². The zero-order valence-electron chi connectivity index (χ0n) is 14.9. The van der Waals surface area contributed by atoms with Crippen LogP contribution in [0.1, 0.15) is 61.9 Å². The lowest BCUT2D eigenvalue weighted by atomic mass is 10.0. The maximum atomic E-state index is 11.7. The lowest BCUT2D eigenvalue weighted by molar-refractivity contribution is 0.0525. The van der Waals surface area contributed by atoms with Crippen molar-refractivity contribution >= 4 is 17.6 Å². The summed E-state index contributed by atoms with van der Waals surface area (Å²) in [6, 6.07) is 8.20. The number of benzene rings is 1. The molecule has 0 amide bonds.